The third-order valence-corrected chi connectivity index (χ3v) is 5.66. The molecule has 4 heteroatoms. The van der Waals surface area contributed by atoms with Crippen LogP contribution in [-0.4, -0.2) is 29.9 Å². The summed E-state index contributed by atoms with van der Waals surface area (Å²) < 4.78 is 5.57. The molecular weight excluding hydrogens is 288 g/mol. The highest BCUT2D eigenvalue weighted by atomic mass is 16.6. The lowest BCUT2D eigenvalue weighted by atomic mass is 9.85. The van der Waals surface area contributed by atoms with Crippen LogP contribution in [-0.2, 0) is 10.2 Å². The van der Waals surface area contributed by atoms with Crippen molar-refractivity contribution in [1.82, 2.24) is 0 Å². The molecular formula is C19H24N2O2. The van der Waals surface area contributed by atoms with E-state index in [1.54, 1.807) is 0 Å². The summed E-state index contributed by atoms with van der Waals surface area (Å²) in [5.41, 5.74) is 5.29. The minimum absolute atomic E-state index is 0.594. The molecule has 0 aromatic heterocycles. The number of nitrogens with zero attached hydrogens (tertiary/aromatic N) is 1. The standard InChI is InChI=1S/C19H24N2O2/c1-4-17(18(5-2,21-13-20)19(17,22)23-3)16-11-10-14-8-6-7-9-15(14)12-16/h6-13,22H,4-5H2,1-3H3,(H2,20,21). The third kappa shape index (κ3) is 1.71. The molecule has 0 heterocycles. The molecule has 0 bridgehead atoms. The van der Waals surface area contributed by atoms with Gasteiger partial charge in [-0.05, 0) is 29.2 Å². The minimum atomic E-state index is -1.35. The van der Waals surface area contributed by atoms with Crippen molar-refractivity contribution in [3.8, 4) is 0 Å². The molecule has 2 aromatic carbocycles. The van der Waals surface area contributed by atoms with Gasteiger partial charge in [-0.3, -0.25) is 4.99 Å². The number of hydrogen-bond acceptors (Lipinski definition) is 3. The highest BCUT2D eigenvalue weighted by Crippen LogP contribution is 2.71. The van der Waals surface area contributed by atoms with Crippen molar-refractivity contribution in [2.75, 3.05) is 7.11 Å². The maximum Gasteiger partial charge on any atom is 0.204 e. The highest BCUT2D eigenvalue weighted by molar-refractivity contribution is 5.84. The predicted octanol–water partition coefficient (Wildman–Crippen LogP) is 2.97. The smallest absolute Gasteiger partial charge is 0.204 e. The Hall–Kier alpha value is -1.91. The Balaban J connectivity index is 2.23. The van der Waals surface area contributed by atoms with Crippen molar-refractivity contribution in [3.05, 3.63) is 48.0 Å². The lowest BCUT2D eigenvalue weighted by molar-refractivity contribution is -0.132. The molecule has 0 amide bonds. The highest BCUT2D eigenvalue weighted by Gasteiger charge is 2.88. The molecule has 0 spiro atoms. The second-order valence-electron chi connectivity index (χ2n) is 6.16. The first kappa shape index (κ1) is 16.0. The summed E-state index contributed by atoms with van der Waals surface area (Å²) in [5.74, 6) is -1.35. The Labute approximate surface area is 137 Å². The molecule has 2 aromatic rings. The van der Waals surface area contributed by atoms with E-state index in [1.807, 2.05) is 19.1 Å². The summed E-state index contributed by atoms with van der Waals surface area (Å²) in [6, 6.07) is 14.5. The lowest BCUT2D eigenvalue weighted by Crippen LogP contribution is -2.26. The molecule has 3 unspecified atom stereocenters. The van der Waals surface area contributed by atoms with Crippen LogP contribution in [0, 0.1) is 0 Å². The van der Waals surface area contributed by atoms with E-state index in [2.05, 4.69) is 42.2 Å². The van der Waals surface area contributed by atoms with Crippen molar-refractivity contribution in [2.45, 2.75) is 43.4 Å². The molecule has 1 aliphatic rings. The number of rotatable bonds is 5. The van der Waals surface area contributed by atoms with E-state index in [-0.39, 0.29) is 0 Å². The average molecular weight is 312 g/mol. The Morgan fingerprint density at radius 1 is 1.13 bits per heavy atom. The predicted molar refractivity (Wildman–Crippen MR) is 93.6 cm³/mol. The monoisotopic (exact) mass is 312 g/mol. The molecule has 3 N–H and O–H groups in total. The van der Waals surface area contributed by atoms with Gasteiger partial charge in [0.25, 0.3) is 0 Å². The number of fused-ring (bicyclic) bond motifs is 1. The normalized spacial score (nSPS) is 33.4. The van der Waals surface area contributed by atoms with Gasteiger partial charge in [0.1, 0.15) is 5.54 Å². The Morgan fingerprint density at radius 3 is 2.39 bits per heavy atom. The first-order valence-electron chi connectivity index (χ1n) is 8.09. The third-order valence-electron chi connectivity index (χ3n) is 5.66. The first-order chi connectivity index (χ1) is 11.1. The molecule has 1 fully saturated rings. The van der Waals surface area contributed by atoms with E-state index in [9.17, 15) is 5.11 Å². The van der Waals surface area contributed by atoms with Gasteiger partial charge in [0, 0.05) is 7.11 Å². The Bertz CT molecular complexity index is 760. The first-order valence-corrected chi connectivity index (χ1v) is 8.09. The summed E-state index contributed by atoms with van der Waals surface area (Å²) in [6.45, 7) is 4.07. The number of methoxy groups -OCH3 is 1. The average Bonchev–Trinajstić information content (AvgIpc) is 3.08. The van der Waals surface area contributed by atoms with Gasteiger partial charge < -0.3 is 15.6 Å². The second kappa shape index (κ2) is 5.32. The van der Waals surface area contributed by atoms with Gasteiger partial charge in [-0.25, -0.2) is 0 Å². The van der Waals surface area contributed by atoms with Crippen molar-refractivity contribution in [3.63, 3.8) is 0 Å². The van der Waals surface area contributed by atoms with Gasteiger partial charge in [-0.1, -0.05) is 56.3 Å². The topological polar surface area (TPSA) is 67.8 Å². The molecule has 3 rings (SSSR count). The molecule has 122 valence electrons. The largest absolute Gasteiger partial charge is 0.390 e. The zero-order valence-corrected chi connectivity index (χ0v) is 13.9. The molecule has 0 aliphatic heterocycles. The zero-order chi connectivity index (χ0) is 16.7. The lowest BCUT2D eigenvalue weighted by Gasteiger charge is -2.20. The number of nitrogens with two attached hydrogens (primary N) is 1. The van der Waals surface area contributed by atoms with Gasteiger partial charge in [0.05, 0.1) is 11.8 Å². The molecule has 4 nitrogen and oxygen atoms in total. The van der Waals surface area contributed by atoms with Gasteiger partial charge in [-0.15, -0.1) is 0 Å². The molecule has 0 radical (unpaired) electrons. The van der Waals surface area contributed by atoms with Crippen LogP contribution in [0.4, 0.5) is 0 Å². The summed E-state index contributed by atoms with van der Waals surface area (Å²) in [6.07, 6.45) is 2.64. The maximum absolute atomic E-state index is 11.2. The maximum atomic E-state index is 11.2. The van der Waals surface area contributed by atoms with E-state index in [0.717, 1.165) is 10.9 Å². The quantitative estimate of drug-likeness (QED) is 0.507. The van der Waals surface area contributed by atoms with Crippen LogP contribution in [0.15, 0.2) is 47.5 Å². The molecule has 3 atom stereocenters. The SMILES string of the molecule is CCC1(N=CN)C(O)(OC)C1(CC)c1ccc2ccccc2c1. The van der Waals surface area contributed by atoms with Crippen LogP contribution < -0.4 is 5.73 Å². The van der Waals surface area contributed by atoms with Crippen molar-refractivity contribution in [2.24, 2.45) is 10.7 Å². The number of aliphatic hydroxyl groups is 1. The Morgan fingerprint density at radius 2 is 1.83 bits per heavy atom. The van der Waals surface area contributed by atoms with E-state index in [4.69, 9.17) is 10.5 Å². The summed E-state index contributed by atoms with van der Waals surface area (Å²) in [5, 5.41) is 13.5. The van der Waals surface area contributed by atoms with Crippen LogP contribution in [0.3, 0.4) is 0 Å². The second-order valence-corrected chi connectivity index (χ2v) is 6.16. The van der Waals surface area contributed by atoms with Crippen molar-refractivity contribution in [1.29, 1.82) is 0 Å². The fourth-order valence-corrected chi connectivity index (χ4v) is 4.55. The van der Waals surface area contributed by atoms with Crippen LogP contribution in [0.5, 0.6) is 0 Å². The van der Waals surface area contributed by atoms with Gasteiger partial charge in [0.2, 0.25) is 5.79 Å². The number of ether oxygens (including phenoxy) is 1. The Kier molecular flexibility index (Phi) is 3.69. The molecule has 1 aliphatic carbocycles. The fourth-order valence-electron chi connectivity index (χ4n) is 4.55. The van der Waals surface area contributed by atoms with E-state index < -0.39 is 16.7 Å². The van der Waals surface area contributed by atoms with Crippen LogP contribution in [0.25, 0.3) is 10.8 Å². The molecule has 23 heavy (non-hydrogen) atoms. The van der Waals surface area contributed by atoms with E-state index >= 15 is 0 Å². The van der Waals surface area contributed by atoms with Gasteiger partial charge >= 0.3 is 0 Å². The summed E-state index contributed by atoms with van der Waals surface area (Å²) in [7, 11) is 1.54. The number of hydrogen-bond donors (Lipinski definition) is 2. The molecule has 0 saturated heterocycles. The number of benzene rings is 2. The van der Waals surface area contributed by atoms with Gasteiger partial charge in [-0.2, -0.15) is 0 Å². The van der Waals surface area contributed by atoms with Crippen LogP contribution in [0.2, 0.25) is 0 Å². The molecule has 1 saturated carbocycles. The fraction of sp³-hybridized carbons (Fsp3) is 0.421. The summed E-state index contributed by atoms with van der Waals surface area (Å²) >= 11 is 0. The summed E-state index contributed by atoms with van der Waals surface area (Å²) in [4.78, 5) is 4.47. The number of aliphatic imine (C=N–C) groups is 1. The van der Waals surface area contributed by atoms with Crippen LogP contribution >= 0.6 is 0 Å². The van der Waals surface area contributed by atoms with E-state index in [1.165, 1.54) is 18.8 Å². The van der Waals surface area contributed by atoms with Gasteiger partial charge in [0.15, 0.2) is 0 Å². The van der Waals surface area contributed by atoms with Crippen molar-refractivity contribution >= 4 is 17.1 Å². The van der Waals surface area contributed by atoms with E-state index in [0.29, 0.717) is 12.8 Å². The van der Waals surface area contributed by atoms with Crippen molar-refractivity contribution < 1.29 is 9.84 Å². The zero-order valence-electron chi connectivity index (χ0n) is 13.9. The minimum Gasteiger partial charge on any atom is -0.390 e. The van der Waals surface area contributed by atoms with Crippen LogP contribution in [0.1, 0.15) is 32.3 Å².